The van der Waals surface area contributed by atoms with E-state index in [0.29, 0.717) is 6.42 Å². The maximum Gasteiger partial charge on any atom is 0.387 e. The van der Waals surface area contributed by atoms with Crippen LogP contribution in [0.3, 0.4) is 0 Å². The van der Waals surface area contributed by atoms with Gasteiger partial charge in [-0.1, -0.05) is 0 Å². The zero-order valence-corrected chi connectivity index (χ0v) is 11.3. The first kappa shape index (κ1) is 14.2. The van der Waals surface area contributed by atoms with Crippen LogP contribution in [0.15, 0.2) is 11.4 Å². The molecule has 0 spiro atoms. The molecule has 1 aliphatic heterocycles. The van der Waals surface area contributed by atoms with Crippen LogP contribution in [0.4, 0.5) is 8.78 Å². The molecule has 1 aromatic heterocycles. The van der Waals surface area contributed by atoms with Crippen molar-refractivity contribution in [2.75, 3.05) is 11.5 Å². The van der Waals surface area contributed by atoms with E-state index in [1.54, 1.807) is 0 Å². The van der Waals surface area contributed by atoms with Crippen LogP contribution in [-0.4, -0.2) is 38.5 Å². The van der Waals surface area contributed by atoms with Crippen LogP contribution in [0.5, 0.6) is 5.75 Å². The Kier molecular flexibility index (Phi) is 4.04. The average molecular weight is 311 g/mol. The Hall–Kier alpha value is -1.22. The Morgan fingerprint density at radius 3 is 2.84 bits per heavy atom. The first-order chi connectivity index (χ1) is 8.87. The zero-order chi connectivity index (χ0) is 14.0. The number of thiophene rings is 1. The van der Waals surface area contributed by atoms with Gasteiger partial charge in [0.2, 0.25) is 0 Å². The molecule has 0 bridgehead atoms. The van der Waals surface area contributed by atoms with Gasteiger partial charge in [0, 0.05) is 6.04 Å². The molecule has 19 heavy (non-hydrogen) atoms. The minimum Gasteiger partial charge on any atom is -0.433 e. The minimum atomic E-state index is -3.10. The third kappa shape index (κ3) is 3.63. The Labute approximate surface area is 112 Å². The van der Waals surface area contributed by atoms with E-state index in [4.69, 9.17) is 0 Å². The SMILES string of the molecule is O=C(NC1CCS(=O)(=O)C1)c1sccc1OC(F)F. The number of amides is 1. The summed E-state index contributed by atoms with van der Waals surface area (Å²) in [6.07, 6.45) is 0.338. The first-order valence-corrected chi connectivity index (χ1v) is 8.11. The Bertz CT molecular complexity index is 570. The molecular weight excluding hydrogens is 300 g/mol. The third-order valence-electron chi connectivity index (χ3n) is 2.62. The van der Waals surface area contributed by atoms with Crippen LogP contribution in [0.1, 0.15) is 16.1 Å². The number of sulfone groups is 1. The highest BCUT2D eigenvalue weighted by Gasteiger charge is 2.30. The van der Waals surface area contributed by atoms with Gasteiger partial charge >= 0.3 is 6.61 Å². The summed E-state index contributed by atoms with van der Waals surface area (Å²) in [4.78, 5) is 11.9. The monoisotopic (exact) mass is 311 g/mol. The van der Waals surface area contributed by atoms with Gasteiger partial charge in [-0.3, -0.25) is 4.79 Å². The molecule has 0 aromatic carbocycles. The van der Waals surface area contributed by atoms with Crippen LogP contribution < -0.4 is 10.1 Å². The predicted octanol–water partition coefficient (Wildman–Crippen LogP) is 1.27. The summed E-state index contributed by atoms with van der Waals surface area (Å²) in [7, 11) is -3.10. The fourth-order valence-electron chi connectivity index (χ4n) is 1.81. The maximum absolute atomic E-state index is 12.1. The van der Waals surface area contributed by atoms with E-state index in [9.17, 15) is 22.0 Å². The average Bonchev–Trinajstić information content (AvgIpc) is 2.84. The summed E-state index contributed by atoms with van der Waals surface area (Å²) in [5.74, 6) is -0.871. The van der Waals surface area contributed by atoms with Crippen LogP contribution in [-0.2, 0) is 9.84 Å². The summed E-state index contributed by atoms with van der Waals surface area (Å²) in [5, 5.41) is 3.97. The highest BCUT2D eigenvalue weighted by molar-refractivity contribution is 7.91. The van der Waals surface area contributed by atoms with Crippen molar-refractivity contribution in [3.05, 3.63) is 16.3 Å². The second-order valence-corrected chi connectivity index (χ2v) is 7.21. The number of hydrogen-bond acceptors (Lipinski definition) is 5. The standard InChI is InChI=1S/C10H11F2NO4S2/c11-10(12)17-7-1-3-18-8(7)9(14)13-6-2-4-19(15,16)5-6/h1,3,6,10H,2,4-5H2,(H,13,14). The largest absolute Gasteiger partial charge is 0.433 e. The summed E-state index contributed by atoms with van der Waals surface area (Å²) >= 11 is 0.963. The fourth-order valence-corrected chi connectivity index (χ4v) is 4.21. The lowest BCUT2D eigenvalue weighted by Gasteiger charge is -2.11. The van der Waals surface area contributed by atoms with Gasteiger partial charge in [0.25, 0.3) is 5.91 Å². The molecule has 1 N–H and O–H groups in total. The number of rotatable bonds is 4. The van der Waals surface area contributed by atoms with Crippen molar-refractivity contribution >= 4 is 27.1 Å². The molecule has 1 aliphatic rings. The number of alkyl halides is 2. The molecule has 0 radical (unpaired) electrons. The second kappa shape index (κ2) is 5.41. The molecule has 1 aromatic rings. The number of carbonyl (C=O) groups excluding carboxylic acids is 1. The van der Waals surface area contributed by atoms with E-state index in [-0.39, 0.29) is 22.1 Å². The van der Waals surface area contributed by atoms with Gasteiger partial charge < -0.3 is 10.1 Å². The Balaban J connectivity index is 2.03. The van der Waals surface area contributed by atoms with Gasteiger partial charge in [0.1, 0.15) is 10.6 Å². The number of hydrogen-bond donors (Lipinski definition) is 1. The van der Waals surface area contributed by atoms with Crippen molar-refractivity contribution in [3.63, 3.8) is 0 Å². The summed E-state index contributed by atoms with van der Waals surface area (Å²) in [6.45, 7) is -3.01. The molecule has 2 rings (SSSR count). The quantitative estimate of drug-likeness (QED) is 0.909. The fraction of sp³-hybridized carbons (Fsp3) is 0.500. The number of ether oxygens (including phenoxy) is 1. The highest BCUT2D eigenvalue weighted by atomic mass is 32.2. The molecule has 1 atom stereocenters. The van der Waals surface area contributed by atoms with Crippen molar-refractivity contribution in [1.82, 2.24) is 5.32 Å². The molecule has 1 fully saturated rings. The van der Waals surface area contributed by atoms with Crippen LogP contribution >= 0.6 is 11.3 Å². The molecule has 2 heterocycles. The maximum atomic E-state index is 12.1. The van der Waals surface area contributed by atoms with Gasteiger partial charge in [-0.2, -0.15) is 8.78 Å². The van der Waals surface area contributed by atoms with E-state index in [1.807, 2.05) is 0 Å². The molecule has 106 valence electrons. The lowest BCUT2D eigenvalue weighted by molar-refractivity contribution is -0.0498. The Morgan fingerprint density at radius 1 is 1.53 bits per heavy atom. The summed E-state index contributed by atoms with van der Waals surface area (Å²) < 4.78 is 50.9. The lowest BCUT2D eigenvalue weighted by atomic mass is 10.2. The Morgan fingerprint density at radius 2 is 2.26 bits per heavy atom. The molecule has 1 unspecified atom stereocenters. The lowest BCUT2D eigenvalue weighted by Crippen LogP contribution is -2.35. The minimum absolute atomic E-state index is 0.0181. The van der Waals surface area contributed by atoms with Gasteiger partial charge in [-0.25, -0.2) is 8.42 Å². The first-order valence-electron chi connectivity index (χ1n) is 5.41. The molecule has 0 saturated carbocycles. The van der Waals surface area contributed by atoms with Gasteiger partial charge in [-0.15, -0.1) is 11.3 Å². The predicted molar refractivity (Wildman–Crippen MR) is 65.5 cm³/mol. The topological polar surface area (TPSA) is 72.5 Å². The van der Waals surface area contributed by atoms with Crippen LogP contribution in [0, 0.1) is 0 Å². The zero-order valence-electron chi connectivity index (χ0n) is 9.64. The molecule has 5 nitrogen and oxygen atoms in total. The summed E-state index contributed by atoms with van der Waals surface area (Å²) in [6, 6.07) is 0.802. The van der Waals surface area contributed by atoms with E-state index in [1.165, 1.54) is 11.4 Å². The second-order valence-electron chi connectivity index (χ2n) is 4.07. The normalized spacial score (nSPS) is 21.5. The number of nitrogens with one attached hydrogen (secondary N) is 1. The van der Waals surface area contributed by atoms with Gasteiger partial charge in [0.05, 0.1) is 11.5 Å². The molecule has 1 saturated heterocycles. The van der Waals surface area contributed by atoms with Crippen LogP contribution in [0.25, 0.3) is 0 Å². The van der Waals surface area contributed by atoms with E-state index in [2.05, 4.69) is 10.1 Å². The summed E-state index contributed by atoms with van der Waals surface area (Å²) in [5.41, 5.74) is 0. The number of carbonyl (C=O) groups is 1. The number of halogens is 2. The van der Waals surface area contributed by atoms with Crippen molar-refractivity contribution in [2.45, 2.75) is 19.1 Å². The van der Waals surface area contributed by atoms with E-state index in [0.717, 1.165) is 11.3 Å². The van der Waals surface area contributed by atoms with Crippen molar-refractivity contribution in [3.8, 4) is 5.75 Å². The smallest absolute Gasteiger partial charge is 0.387 e. The van der Waals surface area contributed by atoms with Crippen molar-refractivity contribution < 1.29 is 26.7 Å². The van der Waals surface area contributed by atoms with Gasteiger partial charge in [0.15, 0.2) is 9.84 Å². The highest BCUT2D eigenvalue weighted by Crippen LogP contribution is 2.26. The third-order valence-corrected chi connectivity index (χ3v) is 5.28. The van der Waals surface area contributed by atoms with E-state index < -0.39 is 28.4 Å². The molecule has 0 aliphatic carbocycles. The van der Waals surface area contributed by atoms with Gasteiger partial charge in [-0.05, 0) is 17.9 Å². The molecule has 1 amide bonds. The van der Waals surface area contributed by atoms with E-state index >= 15 is 0 Å². The van der Waals surface area contributed by atoms with Crippen LogP contribution in [0.2, 0.25) is 0 Å². The molecular formula is C10H11F2NO4S2. The molecule has 9 heteroatoms. The van der Waals surface area contributed by atoms with Crippen molar-refractivity contribution in [1.29, 1.82) is 0 Å². The van der Waals surface area contributed by atoms with Crippen molar-refractivity contribution in [2.24, 2.45) is 0 Å².